The highest BCUT2D eigenvalue weighted by Crippen LogP contribution is 2.22. The van der Waals surface area contributed by atoms with E-state index in [1.807, 2.05) is 13.0 Å². The standard InChI is InChI=1S/C16H16F3NOS/c1-11-3-4-12(2)14(7-11)15(21)20(10-16(17,18)19)8-13-5-6-22-9-13/h3-7,9H,8,10H2,1-2H3. The van der Waals surface area contributed by atoms with Crippen LogP contribution >= 0.6 is 11.3 Å². The van der Waals surface area contributed by atoms with E-state index in [1.54, 1.807) is 35.9 Å². The number of aryl methyl sites for hydroxylation is 2. The summed E-state index contributed by atoms with van der Waals surface area (Å²) in [7, 11) is 0. The summed E-state index contributed by atoms with van der Waals surface area (Å²) in [6.45, 7) is 2.23. The maximum atomic E-state index is 12.8. The molecule has 0 aliphatic carbocycles. The molecule has 0 radical (unpaired) electrons. The lowest BCUT2D eigenvalue weighted by Gasteiger charge is -2.24. The second-order valence-electron chi connectivity index (χ2n) is 5.23. The van der Waals surface area contributed by atoms with Gasteiger partial charge in [0.1, 0.15) is 6.54 Å². The highest BCUT2D eigenvalue weighted by Gasteiger charge is 2.33. The zero-order chi connectivity index (χ0) is 16.3. The lowest BCUT2D eigenvalue weighted by molar-refractivity contribution is -0.141. The molecule has 1 amide bonds. The minimum Gasteiger partial charge on any atom is -0.325 e. The Morgan fingerprint density at radius 2 is 1.95 bits per heavy atom. The smallest absolute Gasteiger partial charge is 0.325 e. The summed E-state index contributed by atoms with van der Waals surface area (Å²) in [6.07, 6.45) is -4.43. The lowest BCUT2D eigenvalue weighted by Crippen LogP contribution is -2.38. The summed E-state index contributed by atoms with van der Waals surface area (Å²) in [5.74, 6) is -0.593. The van der Waals surface area contributed by atoms with Crippen molar-refractivity contribution in [1.82, 2.24) is 4.90 Å². The Balaban J connectivity index is 2.30. The predicted molar refractivity (Wildman–Crippen MR) is 81.0 cm³/mol. The Morgan fingerprint density at radius 3 is 2.55 bits per heavy atom. The SMILES string of the molecule is Cc1ccc(C)c(C(=O)N(Cc2ccsc2)CC(F)(F)F)c1. The Hall–Kier alpha value is -1.82. The molecule has 1 heterocycles. The van der Waals surface area contributed by atoms with E-state index in [1.165, 1.54) is 11.3 Å². The lowest BCUT2D eigenvalue weighted by atomic mass is 10.0. The highest BCUT2D eigenvalue weighted by molar-refractivity contribution is 7.07. The zero-order valence-electron chi connectivity index (χ0n) is 12.3. The number of nitrogens with zero attached hydrogens (tertiary/aromatic N) is 1. The highest BCUT2D eigenvalue weighted by atomic mass is 32.1. The molecule has 2 nitrogen and oxygen atoms in total. The molecule has 0 aliphatic rings. The molecular weight excluding hydrogens is 311 g/mol. The number of hydrogen-bond acceptors (Lipinski definition) is 2. The third-order valence-electron chi connectivity index (χ3n) is 3.23. The van der Waals surface area contributed by atoms with E-state index in [4.69, 9.17) is 0 Å². The molecule has 22 heavy (non-hydrogen) atoms. The fraction of sp³-hybridized carbons (Fsp3) is 0.312. The van der Waals surface area contributed by atoms with Crippen molar-refractivity contribution in [3.8, 4) is 0 Å². The average Bonchev–Trinajstić information content (AvgIpc) is 2.91. The van der Waals surface area contributed by atoms with Crippen LogP contribution in [0.25, 0.3) is 0 Å². The van der Waals surface area contributed by atoms with Crippen LogP contribution in [0.1, 0.15) is 27.0 Å². The number of hydrogen-bond donors (Lipinski definition) is 0. The molecule has 6 heteroatoms. The molecule has 0 aliphatic heterocycles. The van der Waals surface area contributed by atoms with Crippen molar-refractivity contribution in [2.24, 2.45) is 0 Å². The maximum absolute atomic E-state index is 12.8. The molecule has 0 N–H and O–H groups in total. The fourth-order valence-corrected chi connectivity index (χ4v) is 2.82. The van der Waals surface area contributed by atoms with Gasteiger partial charge in [0.05, 0.1) is 0 Å². The van der Waals surface area contributed by atoms with Gasteiger partial charge in [0.15, 0.2) is 0 Å². The van der Waals surface area contributed by atoms with E-state index in [2.05, 4.69) is 0 Å². The summed E-state index contributed by atoms with van der Waals surface area (Å²) in [4.78, 5) is 13.4. The van der Waals surface area contributed by atoms with Crippen molar-refractivity contribution in [2.45, 2.75) is 26.6 Å². The van der Waals surface area contributed by atoms with Gasteiger partial charge in [0.2, 0.25) is 0 Å². The molecule has 0 saturated heterocycles. The van der Waals surface area contributed by atoms with Crippen molar-refractivity contribution in [3.63, 3.8) is 0 Å². The Morgan fingerprint density at radius 1 is 1.23 bits per heavy atom. The van der Waals surface area contributed by atoms with Gasteiger partial charge in [0.25, 0.3) is 5.91 Å². The van der Waals surface area contributed by atoms with Gasteiger partial charge in [-0.25, -0.2) is 0 Å². The molecule has 0 atom stereocenters. The number of halogens is 3. The maximum Gasteiger partial charge on any atom is 0.406 e. The minimum atomic E-state index is -4.43. The number of amides is 1. The quantitative estimate of drug-likeness (QED) is 0.805. The molecular formula is C16H16F3NOS. The second kappa shape index (κ2) is 6.52. The molecule has 0 spiro atoms. The van der Waals surface area contributed by atoms with Crippen LogP contribution in [0.4, 0.5) is 13.2 Å². The third-order valence-corrected chi connectivity index (χ3v) is 3.97. The number of carbonyl (C=O) groups excluding carboxylic acids is 1. The number of thiophene rings is 1. The van der Waals surface area contributed by atoms with Gasteiger partial charge in [-0.15, -0.1) is 0 Å². The second-order valence-corrected chi connectivity index (χ2v) is 6.01. The van der Waals surface area contributed by atoms with E-state index in [0.29, 0.717) is 16.7 Å². The molecule has 118 valence electrons. The predicted octanol–water partition coefficient (Wildman–Crippen LogP) is 4.57. The van der Waals surface area contributed by atoms with E-state index in [-0.39, 0.29) is 6.54 Å². The van der Waals surface area contributed by atoms with E-state index in [9.17, 15) is 18.0 Å². The van der Waals surface area contributed by atoms with Crippen LogP contribution in [0.3, 0.4) is 0 Å². The van der Waals surface area contributed by atoms with Crippen LogP contribution < -0.4 is 0 Å². The van der Waals surface area contributed by atoms with Crippen LogP contribution in [0.2, 0.25) is 0 Å². The summed E-state index contributed by atoms with van der Waals surface area (Å²) in [6, 6.07) is 6.94. The van der Waals surface area contributed by atoms with Gasteiger partial charge < -0.3 is 4.90 Å². The fourth-order valence-electron chi connectivity index (χ4n) is 2.16. The van der Waals surface area contributed by atoms with E-state index >= 15 is 0 Å². The van der Waals surface area contributed by atoms with Gasteiger partial charge >= 0.3 is 6.18 Å². The van der Waals surface area contributed by atoms with Crippen LogP contribution in [0, 0.1) is 13.8 Å². The van der Waals surface area contributed by atoms with Crippen molar-refractivity contribution in [3.05, 3.63) is 57.3 Å². The first-order valence-electron chi connectivity index (χ1n) is 6.70. The molecule has 0 bridgehead atoms. The zero-order valence-corrected chi connectivity index (χ0v) is 13.1. The number of benzene rings is 1. The van der Waals surface area contributed by atoms with Gasteiger partial charge in [-0.3, -0.25) is 4.79 Å². The van der Waals surface area contributed by atoms with Crippen LogP contribution in [-0.4, -0.2) is 23.5 Å². The molecule has 0 fully saturated rings. The van der Waals surface area contributed by atoms with Crippen molar-refractivity contribution in [2.75, 3.05) is 6.54 Å². The monoisotopic (exact) mass is 327 g/mol. The van der Waals surface area contributed by atoms with Gasteiger partial charge in [0, 0.05) is 12.1 Å². The van der Waals surface area contributed by atoms with Crippen LogP contribution in [0.15, 0.2) is 35.0 Å². The first kappa shape index (κ1) is 16.5. The van der Waals surface area contributed by atoms with Gasteiger partial charge in [-0.1, -0.05) is 17.7 Å². The topological polar surface area (TPSA) is 20.3 Å². The molecule has 2 aromatic rings. The van der Waals surface area contributed by atoms with Crippen molar-refractivity contribution in [1.29, 1.82) is 0 Å². The number of carbonyl (C=O) groups is 1. The Kier molecular flexibility index (Phi) is 4.90. The first-order chi connectivity index (χ1) is 10.3. The molecule has 0 saturated carbocycles. The summed E-state index contributed by atoms with van der Waals surface area (Å²) < 4.78 is 38.4. The minimum absolute atomic E-state index is 0.0464. The normalized spacial score (nSPS) is 11.5. The van der Waals surface area contributed by atoms with Crippen molar-refractivity contribution < 1.29 is 18.0 Å². The summed E-state index contributed by atoms with van der Waals surface area (Å²) in [5, 5.41) is 3.53. The van der Waals surface area contributed by atoms with Crippen molar-refractivity contribution >= 4 is 17.2 Å². The number of rotatable bonds is 4. The number of alkyl halides is 3. The van der Waals surface area contributed by atoms with E-state index in [0.717, 1.165) is 10.5 Å². The Bertz CT molecular complexity index is 650. The Labute approximate surface area is 131 Å². The van der Waals surface area contributed by atoms with Crippen LogP contribution in [0.5, 0.6) is 0 Å². The summed E-state index contributed by atoms with van der Waals surface area (Å²) in [5.41, 5.74) is 2.54. The molecule has 2 rings (SSSR count). The largest absolute Gasteiger partial charge is 0.406 e. The van der Waals surface area contributed by atoms with Gasteiger partial charge in [-0.05, 0) is 47.9 Å². The molecule has 0 unspecified atom stereocenters. The van der Waals surface area contributed by atoms with Crippen LogP contribution in [-0.2, 0) is 6.54 Å². The summed E-state index contributed by atoms with van der Waals surface area (Å²) >= 11 is 1.39. The molecule has 1 aromatic heterocycles. The van der Waals surface area contributed by atoms with E-state index < -0.39 is 18.6 Å². The first-order valence-corrected chi connectivity index (χ1v) is 7.65. The average molecular weight is 327 g/mol. The van der Waals surface area contributed by atoms with Gasteiger partial charge in [-0.2, -0.15) is 24.5 Å². The molecule has 1 aromatic carbocycles. The third kappa shape index (κ3) is 4.34.